The summed E-state index contributed by atoms with van der Waals surface area (Å²) in [5.41, 5.74) is 17.6. The van der Waals surface area contributed by atoms with Crippen LogP contribution in [0.15, 0.2) is 36.5 Å². The van der Waals surface area contributed by atoms with Crippen molar-refractivity contribution in [2.24, 2.45) is 7.05 Å². The summed E-state index contributed by atoms with van der Waals surface area (Å²) in [6.07, 6.45) is 7.24. The van der Waals surface area contributed by atoms with Gasteiger partial charge in [0.1, 0.15) is 5.82 Å². The first-order valence-electron chi connectivity index (χ1n) is 9.68. The number of hydrogen-bond acceptors (Lipinski definition) is 6. The zero-order valence-electron chi connectivity index (χ0n) is 18.0. The highest BCUT2D eigenvalue weighted by Crippen LogP contribution is 2.41. The fourth-order valence-electron chi connectivity index (χ4n) is 3.66. The molecule has 6 nitrogen and oxygen atoms in total. The molecule has 0 bridgehead atoms. The summed E-state index contributed by atoms with van der Waals surface area (Å²) in [5, 5.41) is 14.9. The molecule has 0 radical (unpaired) electrons. The molecule has 0 aliphatic heterocycles. The van der Waals surface area contributed by atoms with Crippen molar-refractivity contribution in [3.63, 3.8) is 0 Å². The number of rotatable bonds is 3. The summed E-state index contributed by atoms with van der Waals surface area (Å²) < 4.78 is 1.86. The summed E-state index contributed by atoms with van der Waals surface area (Å²) >= 11 is 1.75. The summed E-state index contributed by atoms with van der Waals surface area (Å²) in [6, 6.07) is 9.92. The number of anilines is 2. The lowest BCUT2D eigenvalue weighted by atomic mass is 9.90. The molecule has 30 heavy (non-hydrogen) atoms. The quantitative estimate of drug-likeness (QED) is 0.317. The van der Waals surface area contributed by atoms with Crippen LogP contribution < -0.4 is 11.5 Å². The monoisotopic (exact) mass is 420 g/mol. The van der Waals surface area contributed by atoms with Gasteiger partial charge < -0.3 is 16.9 Å². The molecule has 0 unspecified atom stereocenters. The van der Waals surface area contributed by atoms with Crippen molar-refractivity contribution in [2.75, 3.05) is 24.0 Å². The molecule has 7 heteroatoms. The number of pyridine rings is 1. The highest BCUT2D eigenvalue weighted by Gasteiger charge is 2.20. The van der Waals surface area contributed by atoms with Crippen molar-refractivity contribution in [1.29, 1.82) is 5.41 Å². The van der Waals surface area contributed by atoms with Gasteiger partial charge in [-0.25, -0.2) is 4.98 Å². The van der Waals surface area contributed by atoms with E-state index >= 15 is 0 Å². The van der Waals surface area contributed by atoms with Crippen LogP contribution >= 0.6 is 11.8 Å². The predicted octanol–water partition coefficient (Wildman–Crippen LogP) is 5.05. The molecule has 156 valence electrons. The Morgan fingerprint density at radius 2 is 1.80 bits per heavy atom. The molecule has 4 aromatic rings. The summed E-state index contributed by atoms with van der Waals surface area (Å²) in [6.45, 7) is 4.21. The van der Waals surface area contributed by atoms with Crippen molar-refractivity contribution in [3.8, 4) is 11.1 Å². The minimum absolute atomic E-state index is 0.180. The van der Waals surface area contributed by atoms with Gasteiger partial charge in [0.2, 0.25) is 0 Å². The number of thioether (sulfide) groups is 1. The van der Waals surface area contributed by atoms with Gasteiger partial charge in [0.15, 0.2) is 0 Å². The standard InChI is InChI=1S/C21H22N6.C2H6S/c1-11(2)20-19(13-5-4-6-18-16(13)10-25-27(18)3)14-7-12(9-22)17(23)8-15(14)21(24)26-20;1-3-2/h4-11,22H,23H2,1-3H3,(H2,24,26);1-2H3. The number of nitrogens with two attached hydrogens (primary N) is 2. The molecule has 5 N–H and O–H groups in total. The second-order valence-corrected chi connectivity index (χ2v) is 8.31. The summed E-state index contributed by atoms with van der Waals surface area (Å²) in [4.78, 5) is 4.73. The topological polar surface area (TPSA) is 107 Å². The number of aryl methyl sites for hydroxylation is 1. The van der Waals surface area contributed by atoms with Gasteiger partial charge in [-0.2, -0.15) is 16.9 Å². The average Bonchev–Trinajstić information content (AvgIpc) is 3.10. The lowest BCUT2D eigenvalue weighted by molar-refractivity contribution is 0.797. The normalized spacial score (nSPS) is 11.0. The summed E-state index contributed by atoms with van der Waals surface area (Å²) in [5.74, 6) is 0.638. The smallest absolute Gasteiger partial charge is 0.131 e. The Morgan fingerprint density at radius 3 is 2.43 bits per heavy atom. The molecule has 2 heterocycles. The third-order valence-electron chi connectivity index (χ3n) is 5.03. The molecule has 0 saturated heterocycles. The van der Waals surface area contributed by atoms with E-state index in [0.29, 0.717) is 17.1 Å². The molecule has 0 fully saturated rings. The number of hydrogen-bond donors (Lipinski definition) is 3. The Bertz CT molecular complexity index is 1230. The van der Waals surface area contributed by atoms with E-state index < -0.39 is 0 Å². The molecule has 0 amide bonds. The Labute approximate surface area is 181 Å². The van der Waals surface area contributed by atoms with Crippen molar-refractivity contribution in [3.05, 3.63) is 47.8 Å². The molecule has 0 atom stereocenters. The van der Waals surface area contributed by atoms with Gasteiger partial charge in [-0.3, -0.25) is 4.68 Å². The van der Waals surface area contributed by atoms with E-state index in [9.17, 15) is 0 Å². The Morgan fingerprint density at radius 1 is 1.10 bits per heavy atom. The molecule has 2 aromatic heterocycles. The average molecular weight is 421 g/mol. The van der Waals surface area contributed by atoms with Gasteiger partial charge in [-0.05, 0) is 47.6 Å². The highest BCUT2D eigenvalue weighted by atomic mass is 32.2. The van der Waals surface area contributed by atoms with Gasteiger partial charge in [-0.15, -0.1) is 0 Å². The van der Waals surface area contributed by atoms with Crippen LogP contribution in [0.4, 0.5) is 11.5 Å². The number of benzene rings is 2. The number of aromatic nitrogens is 3. The molecule has 4 rings (SSSR count). The van der Waals surface area contributed by atoms with Crippen LogP contribution in [0.2, 0.25) is 0 Å². The van der Waals surface area contributed by atoms with Crippen molar-refractivity contribution in [2.45, 2.75) is 19.8 Å². The van der Waals surface area contributed by atoms with Gasteiger partial charge in [-0.1, -0.05) is 26.0 Å². The maximum absolute atomic E-state index is 7.70. The van der Waals surface area contributed by atoms with Gasteiger partial charge in [0, 0.05) is 40.8 Å². The molecule has 0 saturated carbocycles. The first kappa shape index (κ1) is 21.6. The molecule has 0 aliphatic rings. The van der Waals surface area contributed by atoms with Crippen molar-refractivity contribution >= 4 is 51.2 Å². The number of nitrogens with zero attached hydrogens (tertiary/aromatic N) is 3. The van der Waals surface area contributed by atoms with Crippen LogP contribution in [-0.2, 0) is 7.05 Å². The number of nitrogens with one attached hydrogen (secondary N) is 1. The second-order valence-electron chi connectivity index (χ2n) is 7.50. The molecule has 0 aliphatic carbocycles. The van der Waals surface area contributed by atoms with E-state index in [0.717, 1.165) is 38.5 Å². The lowest BCUT2D eigenvalue weighted by Crippen LogP contribution is -2.04. The van der Waals surface area contributed by atoms with Crippen molar-refractivity contribution in [1.82, 2.24) is 14.8 Å². The molecule has 0 spiro atoms. The van der Waals surface area contributed by atoms with E-state index in [2.05, 4.69) is 31.1 Å². The minimum atomic E-state index is 0.180. The first-order valence-corrected chi connectivity index (χ1v) is 11.3. The Kier molecular flexibility index (Phi) is 6.31. The van der Waals surface area contributed by atoms with Crippen LogP contribution in [0.1, 0.15) is 31.0 Å². The summed E-state index contributed by atoms with van der Waals surface area (Å²) in [7, 11) is 1.93. The largest absolute Gasteiger partial charge is 0.398 e. The van der Waals surface area contributed by atoms with Crippen LogP contribution in [-0.4, -0.2) is 33.5 Å². The fourth-order valence-corrected chi connectivity index (χ4v) is 3.66. The van der Waals surface area contributed by atoms with Gasteiger partial charge in [0.25, 0.3) is 0 Å². The molecule has 2 aromatic carbocycles. The Hall–Kier alpha value is -3.06. The zero-order valence-corrected chi connectivity index (χ0v) is 18.8. The van der Waals surface area contributed by atoms with Crippen LogP contribution in [0.5, 0.6) is 0 Å². The van der Waals surface area contributed by atoms with Crippen LogP contribution in [0, 0.1) is 5.41 Å². The predicted molar refractivity (Wildman–Crippen MR) is 132 cm³/mol. The lowest BCUT2D eigenvalue weighted by Gasteiger charge is -2.18. The van der Waals surface area contributed by atoms with E-state index in [1.54, 1.807) is 11.8 Å². The van der Waals surface area contributed by atoms with E-state index in [4.69, 9.17) is 21.9 Å². The van der Waals surface area contributed by atoms with E-state index in [-0.39, 0.29) is 5.92 Å². The van der Waals surface area contributed by atoms with Crippen LogP contribution in [0.3, 0.4) is 0 Å². The third kappa shape index (κ3) is 3.73. The fraction of sp³-hybridized carbons (Fsp3) is 0.261. The first-order chi connectivity index (χ1) is 14.3. The minimum Gasteiger partial charge on any atom is -0.398 e. The Balaban J connectivity index is 0.000000806. The third-order valence-corrected chi connectivity index (χ3v) is 5.03. The van der Waals surface area contributed by atoms with Crippen molar-refractivity contribution < 1.29 is 0 Å². The van der Waals surface area contributed by atoms with Crippen LogP contribution in [0.25, 0.3) is 32.8 Å². The van der Waals surface area contributed by atoms with E-state index in [1.165, 1.54) is 6.21 Å². The van der Waals surface area contributed by atoms with E-state index in [1.807, 2.05) is 48.6 Å². The maximum atomic E-state index is 7.70. The zero-order chi connectivity index (χ0) is 22.0. The number of nitrogen functional groups attached to an aromatic ring is 2. The molecular weight excluding hydrogens is 392 g/mol. The SMILES string of the molecule is CC(C)c1nc(N)c2cc(N)c(C=N)cc2c1-c1cccc2c1cnn2C.CSC. The highest BCUT2D eigenvalue weighted by molar-refractivity contribution is 7.97. The number of fused-ring (bicyclic) bond motifs is 2. The van der Waals surface area contributed by atoms with Gasteiger partial charge >= 0.3 is 0 Å². The van der Waals surface area contributed by atoms with Gasteiger partial charge in [0.05, 0.1) is 17.4 Å². The maximum Gasteiger partial charge on any atom is 0.131 e. The second kappa shape index (κ2) is 8.75. The molecular formula is C23H28N6S.